The molecule has 2 heterocycles. The molecular weight excluding hydrogens is 156 g/mol. The normalized spacial score (nSPS) is 27.8. The number of carbonyl (C=O) groups is 1. The van der Waals surface area contributed by atoms with E-state index in [1.165, 1.54) is 6.08 Å². The Labute approximate surface area is 70.3 Å². The Balaban J connectivity index is 2.05. The first-order valence-electron chi connectivity index (χ1n) is 3.99. The minimum absolute atomic E-state index is 0.0372. The van der Waals surface area contributed by atoms with Crippen LogP contribution in [0, 0.1) is 5.92 Å². The van der Waals surface area contributed by atoms with Gasteiger partial charge in [0.25, 0.3) is 0 Å². The van der Waals surface area contributed by atoms with E-state index in [0.29, 0.717) is 13.2 Å². The van der Waals surface area contributed by atoms with E-state index in [4.69, 9.17) is 4.74 Å². The van der Waals surface area contributed by atoms with Crippen molar-refractivity contribution in [2.75, 3.05) is 19.7 Å². The fraction of sp³-hybridized carbons (Fsp3) is 0.500. The van der Waals surface area contributed by atoms with Crippen LogP contribution in [0.5, 0.6) is 0 Å². The van der Waals surface area contributed by atoms with Gasteiger partial charge < -0.3 is 10.1 Å². The molecule has 0 aliphatic carbocycles. The van der Waals surface area contributed by atoms with Crippen LogP contribution < -0.4 is 5.32 Å². The van der Waals surface area contributed by atoms with Crippen molar-refractivity contribution in [3.05, 3.63) is 12.2 Å². The Kier molecular flexibility index (Phi) is 1.81. The lowest BCUT2D eigenvalue weighted by molar-refractivity contribution is -0.116. The van der Waals surface area contributed by atoms with E-state index in [-0.39, 0.29) is 11.8 Å². The molecule has 0 unspecified atom stereocenters. The maximum absolute atomic E-state index is 10.7. The molecule has 1 atom stereocenters. The highest BCUT2D eigenvalue weighted by Gasteiger charge is 2.21. The summed E-state index contributed by atoms with van der Waals surface area (Å²) in [6.45, 7) is 2.02. The lowest BCUT2D eigenvalue weighted by Crippen LogP contribution is -2.34. The minimum Gasteiger partial charge on any atom is -0.479 e. The van der Waals surface area contributed by atoms with E-state index < -0.39 is 0 Å². The molecule has 2 rings (SSSR count). The number of hydrogen-bond donors (Lipinski definition) is 1. The Hall–Kier alpha value is -1.32. The summed E-state index contributed by atoms with van der Waals surface area (Å²) in [6, 6.07) is 0. The molecule has 2 aliphatic heterocycles. The minimum atomic E-state index is -0.0372. The quantitative estimate of drug-likeness (QED) is 0.582. The van der Waals surface area contributed by atoms with Crippen molar-refractivity contribution in [2.24, 2.45) is 10.9 Å². The molecule has 0 fully saturated rings. The molecule has 0 aromatic heterocycles. The van der Waals surface area contributed by atoms with Crippen LogP contribution in [-0.2, 0) is 9.53 Å². The van der Waals surface area contributed by atoms with Gasteiger partial charge in [-0.25, -0.2) is 0 Å². The first kappa shape index (κ1) is 7.34. The maximum atomic E-state index is 10.7. The third kappa shape index (κ3) is 1.32. The fourth-order valence-corrected chi connectivity index (χ4v) is 1.29. The van der Waals surface area contributed by atoms with Crippen LogP contribution in [0.25, 0.3) is 0 Å². The average molecular weight is 166 g/mol. The Morgan fingerprint density at radius 1 is 1.67 bits per heavy atom. The van der Waals surface area contributed by atoms with Gasteiger partial charge in [-0.3, -0.25) is 9.79 Å². The molecular formula is C8H10N2O2. The van der Waals surface area contributed by atoms with Gasteiger partial charge in [0.15, 0.2) is 5.90 Å². The standard InChI is InChI=1S/C8H10N2O2/c11-7-2-1-6(5-10-7)8-9-3-4-12-8/h1-2,6H,3-5H2,(H,10,11)/t6-/m1/s1. The molecule has 12 heavy (non-hydrogen) atoms. The number of carbonyl (C=O) groups excluding carboxylic acids is 1. The molecule has 64 valence electrons. The van der Waals surface area contributed by atoms with Crippen LogP contribution in [0.1, 0.15) is 0 Å². The third-order valence-corrected chi connectivity index (χ3v) is 1.90. The summed E-state index contributed by atoms with van der Waals surface area (Å²) in [5, 5.41) is 2.72. The van der Waals surface area contributed by atoms with Crippen LogP contribution in [0.4, 0.5) is 0 Å². The maximum Gasteiger partial charge on any atom is 0.243 e. The van der Waals surface area contributed by atoms with E-state index in [9.17, 15) is 4.79 Å². The SMILES string of the molecule is O=C1C=C[C@@H](C2=NCCO2)CN1. The smallest absolute Gasteiger partial charge is 0.243 e. The van der Waals surface area contributed by atoms with Crippen molar-refractivity contribution in [3.63, 3.8) is 0 Å². The molecule has 0 bridgehead atoms. The molecule has 1 N–H and O–H groups in total. The van der Waals surface area contributed by atoms with Crippen molar-refractivity contribution in [1.82, 2.24) is 5.32 Å². The van der Waals surface area contributed by atoms with Gasteiger partial charge in [0.1, 0.15) is 6.61 Å². The second kappa shape index (κ2) is 2.97. The summed E-state index contributed by atoms with van der Waals surface area (Å²) < 4.78 is 5.28. The molecule has 4 heteroatoms. The van der Waals surface area contributed by atoms with Gasteiger partial charge in [0, 0.05) is 6.54 Å². The number of aliphatic imine (C=N–C) groups is 1. The van der Waals surface area contributed by atoms with E-state index in [1.807, 2.05) is 6.08 Å². The predicted octanol–water partition coefficient (Wildman–Crippen LogP) is -0.283. The van der Waals surface area contributed by atoms with E-state index >= 15 is 0 Å². The first-order valence-corrected chi connectivity index (χ1v) is 3.99. The zero-order valence-electron chi connectivity index (χ0n) is 6.62. The second-order valence-electron chi connectivity index (χ2n) is 2.78. The number of nitrogens with zero attached hydrogens (tertiary/aromatic N) is 1. The zero-order chi connectivity index (χ0) is 8.39. The highest BCUT2D eigenvalue weighted by atomic mass is 16.5. The molecule has 0 radical (unpaired) electrons. The summed E-state index contributed by atoms with van der Waals surface area (Å²) in [4.78, 5) is 14.9. The number of ether oxygens (including phenoxy) is 1. The van der Waals surface area contributed by atoms with Crippen LogP contribution >= 0.6 is 0 Å². The molecule has 0 saturated heterocycles. The topological polar surface area (TPSA) is 50.7 Å². The molecule has 0 saturated carbocycles. The molecule has 2 aliphatic rings. The van der Waals surface area contributed by atoms with E-state index in [0.717, 1.165) is 12.4 Å². The molecule has 0 aromatic carbocycles. The second-order valence-corrected chi connectivity index (χ2v) is 2.78. The van der Waals surface area contributed by atoms with Crippen LogP contribution in [0.3, 0.4) is 0 Å². The van der Waals surface area contributed by atoms with Gasteiger partial charge in [-0.05, 0) is 6.08 Å². The summed E-state index contributed by atoms with van der Waals surface area (Å²) >= 11 is 0. The van der Waals surface area contributed by atoms with Crippen molar-refractivity contribution in [2.45, 2.75) is 0 Å². The Bertz CT molecular complexity index is 258. The van der Waals surface area contributed by atoms with Gasteiger partial charge >= 0.3 is 0 Å². The number of nitrogens with one attached hydrogen (secondary N) is 1. The molecule has 0 spiro atoms. The summed E-state index contributed by atoms with van der Waals surface area (Å²) in [6.07, 6.45) is 3.36. The lowest BCUT2D eigenvalue weighted by Gasteiger charge is -2.16. The van der Waals surface area contributed by atoms with Crippen LogP contribution in [-0.4, -0.2) is 31.5 Å². The largest absolute Gasteiger partial charge is 0.479 e. The van der Waals surface area contributed by atoms with Gasteiger partial charge in [0.05, 0.1) is 12.5 Å². The van der Waals surface area contributed by atoms with Crippen molar-refractivity contribution >= 4 is 11.8 Å². The van der Waals surface area contributed by atoms with E-state index in [1.54, 1.807) is 0 Å². The molecule has 4 nitrogen and oxygen atoms in total. The third-order valence-electron chi connectivity index (χ3n) is 1.90. The van der Waals surface area contributed by atoms with Crippen molar-refractivity contribution in [3.8, 4) is 0 Å². The Morgan fingerprint density at radius 3 is 3.17 bits per heavy atom. The molecule has 0 aromatic rings. The first-order chi connectivity index (χ1) is 5.86. The average Bonchev–Trinajstić information content (AvgIpc) is 2.58. The van der Waals surface area contributed by atoms with Gasteiger partial charge in [-0.2, -0.15) is 0 Å². The number of amides is 1. The molecule has 1 amide bonds. The lowest BCUT2D eigenvalue weighted by atomic mass is 10.1. The van der Waals surface area contributed by atoms with E-state index in [2.05, 4.69) is 10.3 Å². The van der Waals surface area contributed by atoms with Gasteiger partial charge in [-0.15, -0.1) is 0 Å². The number of rotatable bonds is 1. The highest BCUT2D eigenvalue weighted by Crippen LogP contribution is 2.10. The van der Waals surface area contributed by atoms with Crippen LogP contribution in [0.15, 0.2) is 17.1 Å². The summed E-state index contributed by atoms with van der Waals surface area (Å²) in [5.41, 5.74) is 0. The number of hydrogen-bond acceptors (Lipinski definition) is 3. The zero-order valence-corrected chi connectivity index (χ0v) is 6.62. The predicted molar refractivity (Wildman–Crippen MR) is 43.9 cm³/mol. The summed E-state index contributed by atoms with van der Waals surface area (Å²) in [7, 11) is 0. The summed E-state index contributed by atoms with van der Waals surface area (Å²) in [5.74, 6) is 0.862. The van der Waals surface area contributed by atoms with Crippen molar-refractivity contribution < 1.29 is 9.53 Å². The van der Waals surface area contributed by atoms with Crippen molar-refractivity contribution in [1.29, 1.82) is 0 Å². The fourth-order valence-electron chi connectivity index (χ4n) is 1.29. The van der Waals surface area contributed by atoms with Crippen LogP contribution in [0.2, 0.25) is 0 Å². The van der Waals surface area contributed by atoms with Gasteiger partial charge in [0.2, 0.25) is 5.91 Å². The Morgan fingerprint density at radius 2 is 2.58 bits per heavy atom. The van der Waals surface area contributed by atoms with Gasteiger partial charge in [-0.1, -0.05) is 6.08 Å². The highest BCUT2D eigenvalue weighted by molar-refractivity contribution is 5.92. The monoisotopic (exact) mass is 166 g/mol.